The molecule has 0 aliphatic heterocycles. The molecule has 0 unspecified atom stereocenters. The quantitative estimate of drug-likeness (QED) is 0.607. The molecule has 0 heterocycles. The third kappa shape index (κ3) is 9.70. The van der Waals surface area contributed by atoms with E-state index in [-0.39, 0.29) is 5.91 Å². The maximum Gasteiger partial charge on any atom is 0.229 e. The van der Waals surface area contributed by atoms with Crippen LogP contribution in [0.3, 0.4) is 0 Å². The van der Waals surface area contributed by atoms with Gasteiger partial charge in [-0.25, -0.2) is 0 Å². The summed E-state index contributed by atoms with van der Waals surface area (Å²) in [5.74, 6) is 1.70. The minimum atomic E-state index is 0.128. The second kappa shape index (κ2) is 9.86. The van der Waals surface area contributed by atoms with Gasteiger partial charge in [0.15, 0.2) is 0 Å². The van der Waals surface area contributed by atoms with E-state index >= 15 is 0 Å². The Kier molecular flexibility index (Phi) is 9.70. The van der Waals surface area contributed by atoms with Crippen molar-refractivity contribution in [2.45, 2.75) is 20.3 Å². The number of rotatable bonds is 8. The summed E-state index contributed by atoms with van der Waals surface area (Å²) in [7, 11) is 0. The summed E-state index contributed by atoms with van der Waals surface area (Å²) in [5, 5.41) is 2.84. The number of thioether (sulfide) groups is 1. The minimum Gasteiger partial charge on any atom is -0.382 e. The fourth-order valence-electron chi connectivity index (χ4n) is 0.792. The van der Waals surface area contributed by atoms with Crippen LogP contribution in [0.15, 0.2) is 0 Å². The lowest BCUT2D eigenvalue weighted by molar-refractivity contribution is -0.118. The lowest BCUT2D eigenvalue weighted by Crippen LogP contribution is -2.26. The average Bonchev–Trinajstić information content (AvgIpc) is 2.14. The lowest BCUT2D eigenvalue weighted by atomic mass is 10.4. The van der Waals surface area contributed by atoms with Gasteiger partial charge in [-0.1, -0.05) is 6.92 Å². The maximum absolute atomic E-state index is 11.1. The van der Waals surface area contributed by atoms with Gasteiger partial charge < -0.3 is 10.1 Å². The van der Waals surface area contributed by atoms with Crippen LogP contribution in [0.1, 0.15) is 20.3 Å². The van der Waals surface area contributed by atoms with Crippen molar-refractivity contribution < 1.29 is 9.53 Å². The molecule has 0 saturated carbocycles. The first-order valence-electron chi connectivity index (χ1n) is 4.73. The van der Waals surface area contributed by atoms with Crippen LogP contribution in [-0.2, 0) is 9.53 Å². The third-order valence-corrected chi connectivity index (χ3v) is 2.30. The van der Waals surface area contributed by atoms with Crippen LogP contribution in [0.25, 0.3) is 0 Å². The molecule has 0 radical (unpaired) electrons. The molecule has 0 aromatic rings. The second-order valence-electron chi connectivity index (χ2n) is 2.54. The van der Waals surface area contributed by atoms with Crippen molar-refractivity contribution in [3.63, 3.8) is 0 Å². The van der Waals surface area contributed by atoms with Gasteiger partial charge in [0.05, 0.1) is 5.75 Å². The Bertz CT molecular complexity index is 131. The molecular formula is C9H19NO2S. The molecule has 0 aromatic heterocycles. The summed E-state index contributed by atoms with van der Waals surface area (Å²) in [5.41, 5.74) is 0. The second-order valence-corrected chi connectivity index (χ2v) is 3.81. The largest absolute Gasteiger partial charge is 0.382 e. The Morgan fingerprint density at radius 3 is 2.85 bits per heavy atom. The van der Waals surface area contributed by atoms with Gasteiger partial charge in [-0.2, -0.15) is 11.8 Å². The number of hydrogen-bond acceptors (Lipinski definition) is 3. The molecule has 78 valence electrons. The van der Waals surface area contributed by atoms with Crippen molar-refractivity contribution in [1.29, 1.82) is 0 Å². The highest BCUT2D eigenvalue weighted by Gasteiger charge is 1.98. The van der Waals surface area contributed by atoms with Crippen LogP contribution < -0.4 is 5.32 Å². The van der Waals surface area contributed by atoms with Crippen molar-refractivity contribution in [3.05, 3.63) is 0 Å². The first kappa shape index (κ1) is 12.8. The standard InChI is InChI=1S/C9H19NO2S/c1-3-12-7-5-6-10-9(11)8-13-4-2/h3-8H2,1-2H3,(H,10,11). The number of carbonyl (C=O) groups excluding carboxylic acids is 1. The maximum atomic E-state index is 11.1. The van der Waals surface area contributed by atoms with Gasteiger partial charge in [-0.15, -0.1) is 0 Å². The van der Waals surface area contributed by atoms with E-state index in [1.54, 1.807) is 11.8 Å². The molecular weight excluding hydrogens is 186 g/mol. The molecule has 0 aromatic carbocycles. The van der Waals surface area contributed by atoms with E-state index in [1.807, 2.05) is 13.8 Å². The molecule has 4 heteroatoms. The Labute approximate surface area is 84.6 Å². The zero-order valence-electron chi connectivity index (χ0n) is 8.47. The Hall–Kier alpha value is -0.220. The SMILES string of the molecule is CCOCCCNC(=O)CSCC. The van der Waals surface area contributed by atoms with E-state index in [2.05, 4.69) is 5.32 Å². The Balaban J connectivity index is 3.08. The molecule has 0 fully saturated rings. The van der Waals surface area contributed by atoms with Crippen molar-refractivity contribution in [2.75, 3.05) is 31.3 Å². The van der Waals surface area contributed by atoms with E-state index in [4.69, 9.17) is 4.74 Å². The van der Waals surface area contributed by atoms with E-state index < -0.39 is 0 Å². The number of hydrogen-bond donors (Lipinski definition) is 1. The van der Waals surface area contributed by atoms with Gasteiger partial charge in [-0.3, -0.25) is 4.79 Å². The molecule has 0 atom stereocenters. The molecule has 3 nitrogen and oxygen atoms in total. The van der Waals surface area contributed by atoms with Crippen molar-refractivity contribution >= 4 is 17.7 Å². The van der Waals surface area contributed by atoms with Crippen LogP contribution in [-0.4, -0.2) is 37.2 Å². The molecule has 1 amide bonds. The molecule has 0 spiro atoms. The third-order valence-electron chi connectivity index (χ3n) is 1.43. The summed E-state index contributed by atoms with van der Waals surface area (Å²) in [4.78, 5) is 11.1. The highest BCUT2D eigenvalue weighted by Crippen LogP contribution is 1.96. The monoisotopic (exact) mass is 205 g/mol. The highest BCUT2D eigenvalue weighted by molar-refractivity contribution is 7.99. The molecule has 0 rings (SSSR count). The van der Waals surface area contributed by atoms with Crippen LogP contribution >= 0.6 is 11.8 Å². The normalized spacial score (nSPS) is 10.0. The van der Waals surface area contributed by atoms with Gasteiger partial charge in [0.1, 0.15) is 0 Å². The lowest BCUT2D eigenvalue weighted by Gasteiger charge is -2.04. The number of nitrogens with one attached hydrogen (secondary N) is 1. The summed E-state index contributed by atoms with van der Waals surface area (Å²) < 4.78 is 5.14. The summed E-state index contributed by atoms with van der Waals surface area (Å²) in [6.07, 6.45) is 0.899. The molecule has 0 aliphatic rings. The number of amides is 1. The predicted molar refractivity (Wildman–Crippen MR) is 57.1 cm³/mol. The molecule has 1 N–H and O–H groups in total. The first-order chi connectivity index (χ1) is 6.31. The molecule has 0 saturated heterocycles. The molecule has 0 aliphatic carbocycles. The van der Waals surface area contributed by atoms with Crippen LogP contribution in [0.2, 0.25) is 0 Å². The zero-order chi connectivity index (χ0) is 9.94. The molecule has 0 bridgehead atoms. The van der Waals surface area contributed by atoms with Crippen LogP contribution in [0, 0.1) is 0 Å². The van der Waals surface area contributed by atoms with E-state index in [9.17, 15) is 4.79 Å². The Morgan fingerprint density at radius 1 is 1.46 bits per heavy atom. The molecule has 13 heavy (non-hydrogen) atoms. The van der Waals surface area contributed by atoms with Gasteiger partial charge in [0.2, 0.25) is 5.91 Å². The average molecular weight is 205 g/mol. The number of carbonyl (C=O) groups is 1. The Morgan fingerprint density at radius 2 is 2.23 bits per heavy atom. The summed E-state index contributed by atoms with van der Waals surface area (Å²) in [6.45, 7) is 6.23. The fourth-order valence-corrected chi connectivity index (χ4v) is 1.28. The van der Waals surface area contributed by atoms with Crippen molar-refractivity contribution in [3.8, 4) is 0 Å². The first-order valence-corrected chi connectivity index (χ1v) is 5.88. The summed E-state index contributed by atoms with van der Waals surface area (Å²) in [6, 6.07) is 0. The van der Waals surface area contributed by atoms with E-state index in [0.29, 0.717) is 5.75 Å². The van der Waals surface area contributed by atoms with Crippen LogP contribution in [0.5, 0.6) is 0 Å². The topological polar surface area (TPSA) is 38.3 Å². The highest BCUT2D eigenvalue weighted by atomic mass is 32.2. The smallest absolute Gasteiger partial charge is 0.229 e. The predicted octanol–water partition coefficient (Wildman–Crippen LogP) is 1.28. The van der Waals surface area contributed by atoms with Gasteiger partial charge in [0, 0.05) is 19.8 Å². The van der Waals surface area contributed by atoms with Gasteiger partial charge in [-0.05, 0) is 19.1 Å². The van der Waals surface area contributed by atoms with Crippen LogP contribution in [0.4, 0.5) is 0 Å². The summed E-state index contributed by atoms with van der Waals surface area (Å²) >= 11 is 1.64. The van der Waals surface area contributed by atoms with Crippen molar-refractivity contribution in [2.24, 2.45) is 0 Å². The van der Waals surface area contributed by atoms with Gasteiger partial charge in [0.25, 0.3) is 0 Å². The fraction of sp³-hybridized carbons (Fsp3) is 0.889. The zero-order valence-corrected chi connectivity index (χ0v) is 9.28. The van der Waals surface area contributed by atoms with Gasteiger partial charge >= 0.3 is 0 Å². The number of ether oxygens (including phenoxy) is 1. The van der Waals surface area contributed by atoms with Crippen molar-refractivity contribution in [1.82, 2.24) is 5.32 Å². The van der Waals surface area contributed by atoms with E-state index in [1.165, 1.54) is 0 Å². The minimum absolute atomic E-state index is 0.128. The van der Waals surface area contributed by atoms with E-state index in [0.717, 1.165) is 31.9 Å².